The van der Waals surface area contributed by atoms with Crippen LogP contribution in [0.4, 0.5) is 5.82 Å². The van der Waals surface area contributed by atoms with Crippen molar-refractivity contribution in [2.24, 2.45) is 5.92 Å². The number of nitrogens with one attached hydrogen (secondary N) is 1. The molecule has 3 heteroatoms. The standard InChI is InChI=1S/C17H31N3/c1-6-16(7-2)20(12-14(4)5)13-15-9-10-17(18-8-3)19-11-15/h9-11,14,16H,6-8,12-13H2,1-5H3,(H,18,19). The highest BCUT2D eigenvalue weighted by molar-refractivity contribution is 5.35. The van der Waals surface area contributed by atoms with Gasteiger partial charge in [0.05, 0.1) is 0 Å². The van der Waals surface area contributed by atoms with Gasteiger partial charge in [0.2, 0.25) is 0 Å². The van der Waals surface area contributed by atoms with Crippen LogP contribution >= 0.6 is 0 Å². The third-order valence-electron chi connectivity index (χ3n) is 3.63. The van der Waals surface area contributed by atoms with Crippen molar-refractivity contribution < 1.29 is 0 Å². The minimum Gasteiger partial charge on any atom is -0.370 e. The second-order valence-corrected chi connectivity index (χ2v) is 5.88. The Morgan fingerprint density at radius 3 is 2.30 bits per heavy atom. The first-order chi connectivity index (χ1) is 9.60. The number of hydrogen-bond acceptors (Lipinski definition) is 3. The zero-order chi connectivity index (χ0) is 15.0. The van der Waals surface area contributed by atoms with Crippen molar-refractivity contribution in [3.05, 3.63) is 23.9 Å². The predicted molar refractivity (Wildman–Crippen MR) is 88.0 cm³/mol. The first kappa shape index (κ1) is 17.0. The summed E-state index contributed by atoms with van der Waals surface area (Å²) in [7, 11) is 0. The lowest BCUT2D eigenvalue weighted by atomic mass is 10.1. The molecule has 0 fully saturated rings. The van der Waals surface area contributed by atoms with Crippen molar-refractivity contribution in [3.8, 4) is 0 Å². The number of anilines is 1. The molecule has 0 amide bonds. The van der Waals surface area contributed by atoms with Gasteiger partial charge < -0.3 is 5.32 Å². The molecule has 1 N–H and O–H groups in total. The van der Waals surface area contributed by atoms with Crippen molar-refractivity contribution >= 4 is 5.82 Å². The molecule has 0 aliphatic heterocycles. The number of aromatic nitrogens is 1. The number of pyridine rings is 1. The van der Waals surface area contributed by atoms with Gasteiger partial charge >= 0.3 is 0 Å². The molecular formula is C17H31N3. The van der Waals surface area contributed by atoms with Gasteiger partial charge in [-0.1, -0.05) is 33.8 Å². The Bertz CT molecular complexity index is 355. The van der Waals surface area contributed by atoms with Crippen LogP contribution < -0.4 is 5.32 Å². The van der Waals surface area contributed by atoms with E-state index in [1.165, 1.54) is 18.4 Å². The van der Waals surface area contributed by atoms with E-state index in [2.05, 4.69) is 62.0 Å². The fraction of sp³-hybridized carbons (Fsp3) is 0.706. The van der Waals surface area contributed by atoms with E-state index >= 15 is 0 Å². The van der Waals surface area contributed by atoms with E-state index in [9.17, 15) is 0 Å². The molecule has 0 saturated heterocycles. The molecule has 0 atom stereocenters. The molecule has 0 saturated carbocycles. The summed E-state index contributed by atoms with van der Waals surface area (Å²) in [6, 6.07) is 4.95. The molecule has 0 aromatic carbocycles. The summed E-state index contributed by atoms with van der Waals surface area (Å²) >= 11 is 0. The largest absolute Gasteiger partial charge is 0.370 e. The van der Waals surface area contributed by atoms with Crippen LogP contribution in [0, 0.1) is 5.92 Å². The van der Waals surface area contributed by atoms with Crippen LogP contribution in [0.5, 0.6) is 0 Å². The maximum absolute atomic E-state index is 4.47. The van der Waals surface area contributed by atoms with E-state index in [-0.39, 0.29) is 0 Å². The van der Waals surface area contributed by atoms with Crippen LogP contribution in [-0.2, 0) is 6.54 Å². The summed E-state index contributed by atoms with van der Waals surface area (Å²) in [4.78, 5) is 7.08. The first-order valence-corrected chi connectivity index (χ1v) is 8.03. The number of nitrogens with zero attached hydrogens (tertiary/aromatic N) is 2. The predicted octanol–water partition coefficient (Wildman–Crippen LogP) is 4.16. The highest BCUT2D eigenvalue weighted by atomic mass is 15.2. The third kappa shape index (κ3) is 5.49. The minimum absolute atomic E-state index is 0.672. The second-order valence-electron chi connectivity index (χ2n) is 5.88. The summed E-state index contributed by atoms with van der Waals surface area (Å²) in [6.07, 6.45) is 4.44. The van der Waals surface area contributed by atoms with Gasteiger partial charge in [-0.25, -0.2) is 4.98 Å². The van der Waals surface area contributed by atoms with Gasteiger partial charge in [0, 0.05) is 31.9 Å². The Labute approximate surface area is 124 Å². The lowest BCUT2D eigenvalue weighted by Gasteiger charge is -2.32. The van der Waals surface area contributed by atoms with Crippen LogP contribution in [0.25, 0.3) is 0 Å². The molecule has 114 valence electrons. The average molecular weight is 277 g/mol. The van der Waals surface area contributed by atoms with Crippen LogP contribution in [0.15, 0.2) is 18.3 Å². The van der Waals surface area contributed by atoms with Crippen molar-refractivity contribution in [2.45, 2.75) is 60.0 Å². The third-order valence-corrected chi connectivity index (χ3v) is 3.63. The van der Waals surface area contributed by atoms with Crippen LogP contribution in [0.3, 0.4) is 0 Å². The van der Waals surface area contributed by atoms with Gasteiger partial charge in [-0.05, 0) is 37.3 Å². The molecule has 20 heavy (non-hydrogen) atoms. The molecule has 1 rings (SSSR count). The summed E-state index contributed by atoms with van der Waals surface area (Å²) in [5.41, 5.74) is 1.30. The Kier molecular flexibility index (Phi) is 7.60. The van der Waals surface area contributed by atoms with Gasteiger partial charge in [0.1, 0.15) is 5.82 Å². The monoisotopic (exact) mass is 277 g/mol. The van der Waals surface area contributed by atoms with E-state index in [1.807, 2.05) is 6.20 Å². The molecular weight excluding hydrogens is 246 g/mol. The van der Waals surface area contributed by atoms with Crippen molar-refractivity contribution in [1.29, 1.82) is 0 Å². The van der Waals surface area contributed by atoms with Crippen LogP contribution in [-0.4, -0.2) is 29.0 Å². The molecule has 0 aliphatic carbocycles. The van der Waals surface area contributed by atoms with E-state index in [1.54, 1.807) is 0 Å². The second kappa shape index (κ2) is 8.96. The van der Waals surface area contributed by atoms with Gasteiger partial charge in [-0.2, -0.15) is 0 Å². The Balaban J connectivity index is 2.72. The Morgan fingerprint density at radius 1 is 1.15 bits per heavy atom. The molecule has 0 unspecified atom stereocenters. The Hall–Kier alpha value is -1.09. The quantitative estimate of drug-likeness (QED) is 0.734. The van der Waals surface area contributed by atoms with Gasteiger partial charge in [0.15, 0.2) is 0 Å². The van der Waals surface area contributed by atoms with E-state index in [0.29, 0.717) is 12.0 Å². The van der Waals surface area contributed by atoms with E-state index in [4.69, 9.17) is 0 Å². The average Bonchev–Trinajstić information content (AvgIpc) is 2.42. The van der Waals surface area contributed by atoms with E-state index < -0.39 is 0 Å². The van der Waals surface area contributed by atoms with Gasteiger partial charge in [-0.15, -0.1) is 0 Å². The van der Waals surface area contributed by atoms with Gasteiger partial charge in [-0.3, -0.25) is 4.90 Å². The highest BCUT2D eigenvalue weighted by Gasteiger charge is 2.16. The zero-order valence-electron chi connectivity index (χ0n) is 13.8. The molecule has 0 aliphatic rings. The SMILES string of the molecule is CCNc1ccc(CN(CC(C)C)C(CC)CC)cn1. The fourth-order valence-corrected chi connectivity index (χ4v) is 2.66. The lowest BCUT2D eigenvalue weighted by molar-refractivity contribution is 0.157. The molecule has 3 nitrogen and oxygen atoms in total. The summed E-state index contributed by atoms with van der Waals surface area (Å²) < 4.78 is 0. The maximum atomic E-state index is 4.47. The topological polar surface area (TPSA) is 28.2 Å². The van der Waals surface area contributed by atoms with Crippen LogP contribution in [0.1, 0.15) is 53.0 Å². The Morgan fingerprint density at radius 2 is 1.85 bits per heavy atom. The summed E-state index contributed by atoms with van der Waals surface area (Å²) in [5.74, 6) is 1.67. The molecule has 1 aromatic rings. The summed E-state index contributed by atoms with van der Waals surface area (Å²) in [6.45, 7) is 14.3. The van der Waals surface area contributed by atoms with Crippen LogP contribution in [0.2, 0.25) is 0 Å². The smallest absolute Gasteiger partial charge is 0.125 e. The maximum Gasteiger partial charge on any atom is 0.125 e. The van der Waals surface area contributed by atoms with Crippen molar-refractivity contribution in [1.82, 2.24) is 9.88 Å². The highest BCUT2D eigenvalue weighted by Crippen LogP contribution is 2.16. The van der Waals surface area contributed by atoms with Gasteiger partial charge in [0.25, 0.3) is 0 Å². The summed E-state index contributed by atoms with van der Waals surface area (Å²) in [5, 5.41) is 3.24. The normalized spacial score (nSPS) is 11.6. The molecule has 1 heterocycles. The minimum atomic E-state index is 0.672. The number of hydrogen-bond donors (Lipinski definition) is 1. The molecule has 0 radical (unpaired) electrons. The lowest BCUT2D eigenvalue weighted by Crippen LogP contribution is -2.36. The molecule has 0 bridgehead atoms. The van der Waals surface area contributed by atoms with Crippen molar-refractivity contribution in [2.75, 3.05) is 18.4 Å². The fourth-order valence-electron chi connectivity index (χ4n) is 2.66. The zero-order valence-corrected chi connectivity index (χ0v) is 13.8. The van der Waals surface area contributed by atoms with E-state index in [0.717, 1.165) is 25.5 Å². The van der Waals surface area contributed by atoms with Crippen molar-refractivity contribution in [3.63, 3.8) is 0 Å². The first-order valence-electron chi connectivity index (χ1n) is 8.03. The molecule has 1 aromatic heterocycles. The molecule has 0 spiro atoms. The number of rotatable bonds is 9.